The summed E-state index contributed by atoms with van der Waals surface area (Å²) in [5, 5.41) is 6.64. The first-order valence-corrected chi connectivity index (χ1v) is 12.9. The molecule has 3 aromatic rings. The molecule has 0 unspecified atom stereocenters. The fourth-order valence-electron chi connectivity index (χ4n) is 3.25. The van der Waals surface area contributed by atoms with Crippen molar-refractivity contribution >= 4 is 39.4 Å². The normalized spacial score (nSPS) is 11.2. The van der Waals surface area contributed by atoms with Gasteiger partial charge in [0.25, 0.3) is 11.8 Å². The number of ether oxygens (including phenoxy) is 1. The highest BCUT2D eigenvalue weighted by Crippen LogP contribution is 2.24. The molecule has 10 heteroatoms. The van der Waals surface area contributed by atoms with Crippen LogP contribution in [0.2, 0.25) is 0 Å². The van der Waals surface area contributed by atoms with Crippen LogP contribution in [0.25, 0.3) is 0 Å². The summed E-state index contributed by atoms with van der Waals surface area (Å²) in [5.41, 5.74) is 5.86. The van der Waals surface area contributed by atoms with Gasteiger partial charge in [0, 0.05) is 5.69 Å². The molecule has 0 atom stereocenters. The Hall–Kier alpha value is -4.18. The highest BCUT2D eigenvalue weighted by molar-refractivity contribution is 7.92. The van der Waals surface area contributed by atoms with Crippen molar-refractivity contribution in [2.75, 3.05) is 29.0 Å². The number of amides is 2. The molecule has 0 saturated carbocycles. The molecule has 0 aromatic heterocycles. The molecule has 0 saturated heterocycles. The molecule has 36 heavy (non-hydrogen) atoms. The van der Waals surface area contributed by atoms with Crippen LogP contribution in [-0.2, 0) is 19.6 Å². The Morgan fingerprint density at radius 1 is 0.944 bits per heavy atom. The first-order valence-electron chi connectivity index (χ1n) is 11.1. The molecule has 188 valence electrons. The van der Waals surface area contributed by atoms with E-state index in [1.807, 2.05) is 38.1 Å². The number of nitrogens with one attached hydrogen (secondary N) is 2. The Morgan fingerprint density at radius 2 is 1.64 bits per heavy atom. The van der Waals surface area contributed by atoms with E-state index in [9.17, 15) is 18.0 Å². The van der Waals surface area contributed by atoms with Crippen molar-refractivity contribution in [1.82, 2.24) is 5.43 Å². The zero-order chi connectivity index (χ0) is 26.1. The summed E-state index contributed by atoms with van der Waals surface area (Å²) in [7, 11) is -3.69. The maximum atomic E-state index is 12.4. The van der Waals surface area contributed by atoms with Gasteiger partial charge in [-0.25, -0.2) is 13.8 Å². The molecule has 2 N–H and O–H groups in total. The average Bonchev–Trinajstić information content (AvgIpc) is 2.84. The summed E-state index contributed by atoms with van der Waals surface area (Å²) in [6.45, 7) is 3.13. The summed E-state index contributed by atoms with van der Waals surface area (Å²) in [6, 6.07) is 21.1. The number of anilines is 2. The molecule has 3 aromatic carbocycles. The number of aryl methyl sites for hydroxylation is 1. The van der Waals surface area contributed by atoms with Gasteiger partial charge in [-0.3, -0.25) is 13.9 Å². The van der Waals surface area contributed by atoms with E-state index in [-0.39, 0.29) is 12.5 Å². The highest BCUT2D eigenvalue weighted by atomic mass is 32.2. The first kappa shape index (κ1) is 26.4. The Bertz CT molecular complexity index is 1340. The van der Waals surface area contributed by atoms with E-state index in [4.69, 9.17) is 4.74 Å². The average molecular weight is 509 g/mol. The van der Waals surface area contributed by atoms with Crippen LogP contribution in [0.1, 0.15) is 16.7 Å². The number of nitrogens with zero attached hydrogens (tertiary/aromatic N) is 2. The summed E-state index contributed by atoms with van der Waals surface area (Å²) in [5.74, 6) is -0.364. The van der Waals surface area contributed by atoms with Crippen LogP contribution in [0.15, 0.2) is 77.9 Å². The minimum Gasteiger partial charge on any atom is -0.484 e. The summed E-state index contributed by atoms with van der Waals surface area (Å²) in [6.07, 6.45) is 2.48. The van der Waals surface area contributed by atoms with E-state index < -0.39 is 22.5 Å². The third kappa shape index (κ3) is 7.67. The SMILES string of the molecule is Cc1cccc(N(CC(=O)N/N=C/c2ccc(OCC(=O)Nc3ccccc3)cc2)S(C)(=O)=O)c1C. The maximum absolute atomic E-state index is 12.4. The van der Waals surface area contributed by atoms with Crippen LogP contribution < -0.4 is 19.8 Å². The second-order valence-electron chi connectivity index (χ2n) is 8.05. The smallest absolute Gasteiger partial charge is 0.262 e. The predicted molar refractivity (Wildman–Crippen MR) is 141 cm³/mol. The number of rotatable bonds is 10. The lowest BCUT2D eigenvalue weighted by atomic mass is 10.1. The van der Waals surface area contributed by atoms with Crippen LogP contribution in [0, 0.1) is 13.8 Å². The van der Waals surface area contributed by atoms with E-state index in [0.717, 1.165) is 21.7 Å². The minimum absolute atomic E-state index is 0.143. The van der Waals surface area contributed by atoms with Crippen molar-refractivity contribution in [1.29, 1.82) is 0 Å². The molecular formula is C26H28N4O5S. The number of carbonyl (C=O) groups is 2. The van der Waals surface area contributed by atoms with Crippen LogP contribution in [0.4, 0.5) is 11.4 Å². The molecule has 2 amide bonds. The zero-order valence-electron chi connectivity index (χ0n) is 20.3. The Kier molecular flexibility index (Phi) is 8.80. The molecule has 0 aliphatic carbocycles. The fourth-order valence-corrected chi connectivity index (χ4v) is 4.16. The van der Waals surface area contributed by atoms with E-state index in [1.54, 1.807) is 48.5 Å². The Morgan fingerprint density at radius 3 is 2.31 bits per heavy atom. The standard InChI is InChI=1S/C26H28N4O5S/c1-19-8-7-11-24(20(19)2)30(36(3,33)34)17-25(31)29-27-16-21-12-14-23(15-13-21)35-18-26(32)28-22-9-5-4-6-10-22/h4-16H,17-18H2,1-3H3,(H,28,32)(H,29,31)/b27-16+. The van der Waals surface area contributed by atoms with Gasteiger partial charge in [-0.2, -0.15) is 5.10 Å². The number of hydrogen-bond donors (Lipinski definition) is 2. The van der Waals surface area contributed by atoms with Gasteiger partial charge in [0.15, 0.2) is 6.61 Å². The van der Waals surface area contributed by atoms with Crippen molar-refractivity contribution < 1.29 is 22.7 Å². The van der Waals surface area contributed by atoms with E-state index in [0.29, 0.717) is 22.7 Å². The topological polar surface area (TPSA) is 117 Å². The van der Waals surface area contributed by atoms with E-state index in [2.05, 4.69) is 15.8 Å². The molecule has 0 aliphatic rings. The van der Waals surface area contributed by atoms with Crippen molar-refractivity contribution in [2.24, 2.45) is 5.10 Å². The lowest BCUT2D eigenvalue weighted by Gasteiger charge is -2.23. The van der Waals surface area contributed by atoms with Crippen molar-refractivity contribution in [2.45, 2.75) is 13.8 Å². The number of sulfonamides is 1. The molecular weight excluding hydrogens is 480 g/mol. The predicted octanol–water partition coefficient (Wildman–Crippen LogP) is 3.24. The van der Waals surface area contributed by atoms with Crippen molar-refractivity contribution in [3.05, 3.63) is 89.5 Å². The first-order chi connectivity index (χ1) is 17.1. The molecule has 0 spiro atoms. The van der Waals surface area contributed by atoms with Crippen LogP contribution >= 0.6 is 0 Å². The van der Waals surface area contributed by atoms with Gasteiger partial charge in [0.1, 0.15) is 12.3 Å². The highest BCUT2D eigenvalue weighted by Gasteiger charge is 2.22. The molecule has 0 radical (unpaired) electrons. The number of hydrazone groups is 1. The molecule has 0 fully saturated rings. The molecule has 9 nitrogen and oxygen atoms in total. The second-order valence-corrected chi connectivity index (χ2v) is 9.96. The quantitative estimate of drug-likeness (QED) is 0.322. The second kappa shape index (κ2) is 12.0. The Balaban J connectivity index is 1.52. The zero-order valence-corrected chi connectivity index (χ0v) is 21.1. The number of para-hydroxylation sites is 1. The van der Waals surface area contributed by atoms with E-state index >= 15 is 0 Å². The molecule has 3 rings (SSSR count). The monoisotopic (exact) mass is 508 g/mol. The summed E-state index contributed by atoms with van der Waals surface area (Å²) in [4.78, 5) is 24.4. The van der Waals surface area contributed by atoms with Gasteiger partial charge in [-0.05, 0) is 73.0 Å². The lowest BCUT2D eigenvalue weighted by molar-refractivity contribution is -0.119. The van der Waals surface area contributed by atoms with Gasteiger partial charge < -0.3 is 10.1 Å². The molecule has 0 bridgehead atoms. The van der Waals surface area contributed by atoms with E-state index in [1.165, 1.54) is 6.21 Å². The van der Waals surface area contributed by atoms with Crippen LogP contribution in [-0.4, -0.2) is 45.9 Å². The maximum Gasteiger partial charge on any atom is 0.262 e. The molecule has 0 heterocycles. The van der Waals surface area contributed by atoms with Crippen molar-refractivity contribution in [3.63, 3.8) is 0 Å². The number of carbonyl (C=O) groups excluding carboxylic acids is 2. The third-order valence-electron chi connectivity index (χ3n) is 5.24. The van der Waals surface area contributed by atoms with Gasteiger partial charge in [-0.15, -0.1) is 0 Å². The molecule has 0 aliphatic heterocycles. The van der Waals surface area contributed by atoms with Crippen LogP contribution in [0.5, 0.6) is 5.75 Å². The third-order valence-corrected chi connectivity index (χ3v) is 6.37. The largest absolute Gasteiger partial charge is 0.484 e. The van der Waals surface area contributed by atoms with Gasteiger partial charge in [0.2, 0.25) is 10.0 Å². The number of hydrogen-bond acceptors (Lipinski definition) is 6. The van der Waals surface area contributed by atoms with Gasteiger partial charge in [-0.1, -0.05) is 30.3 Å². The van der Waals surface area contributed by atoms with Gasteiger partial charge >= 0.3 is 0 Å². The summed E-state index contributed by atoms with van der Waals surface area (Å²) >= 11 is 0. The van der Waals surface area contributed by atoms with Crippen molar-refractivity contribution in [3.8, 4) is 5.75 Å². The van der Waals surface area contributed by atoms with Gasteiger partial charge in [0.05, 0.1) is 18.2 Å². The fraction of sp³-hybridized carbons (Fsp3) is 0.192. The lowest BCUT2D eigenvalue weighted by Crippen LogP contribution is -2.39. The number of benzene rings is 3. The van der Waals surface area contributed by atoms with Crippen LogP contribution in [0.3, 0.4) is 0 Å². The summed E-state index contributed by atoms with van der Waals surface area (Å²) < 4.78 is 31.2. The minimum atomic E-state index is -3.69. The Labute approximate surface area is 210 Å².